The Labute approximate surface area is 84.1 Å². The van der Waals surface area contributed by atoms with Gasteiger partial charge >= 0.3 is 0 Å². The topological polar surface area (TPSA) is 51.2 Å². The number of allylic oxidation sites excluding steroid dienone is 1. The summed E-state index contributed by atoms with van der Waals surface area (Å²) in [4.78, 5) is 34.6. The number of Topliss-reactive ketones (excluding diaryl/α,β-unsaturated/α-hetero) is 3. The standard InChI is InChI=1S/C10H6O3S/c1-5(11)7-4-8-6(2-3-14-8)9(12)10(7)13/h2-4H,1H3. The predicted octanol–water partition coefficient (Wildman–Crippen LogP) is 1.49. The molecule has 0 fully saturated rings. The molecule has 1 aromatic rings. The molecule has 1 aromatic heterocycles. The van der Waals surface area contributed by atoms with Crippen LogP contribution < -0.4 is 0 Å². The van der Waals surface area contributed by atoms with Gasteiger partial charge in [-0.15, -0.1) is 11.3 Å². The van der Waals surface area contributed by atoms with Gasteiger partial charge in [0.15, 0.2) is 5.78 Å². The molecular weight excluding hydrogens is 200 g/mol. The molecule has 0 bridgehead atoms. The molecule has 1 aliphatic carbocycles. The van der Waals surface area contributed by atoms with E-state index < -0.39 is 11.6 Å². The first-order valence-electron chi connectivity index (χ1n) is 4.00. The van der Waals surface area contributed by atoms with E-state index in [0.29, 0.717) is 10.4 Å². The normalized spacial score (nSPS) is 15.1. The summed E-state index contributed by atoms with van der Waals surface area (Å²) >= 11 is 1.35. The summed E-state index contributed by atoms with van der Waals surface area (Å²) in [5.74, 6) is -1.63. The fourth-order valence-electron chi connectivity index (χ4n) is 1.32. The molecule has 0 atom stereocenters. The van der Waals surface area contributed by atoms with Crippen molar-refractivity contribution in [3.8, 4) is 0 Å². The fraction of sp³-hybridized carbons (Fsp3) is 0.100. The molecule has 0 unspecified atom stereocenters. The zero-order chi connectivity index (χ0) is 10.3. The van der Waals surface area contributed by atoms with Crippen molar-refractivity contribution in [3.63, 3.8) is 0 Å². The first-order chi connectivity index (χ1) is 6.61. The molecule has 14 heavy (non-hydrogen) atoms. The second kappa shape index (κ2) is 2.99. The van der Waals surface area contributed by atoms with E-state index in [1.54, 1.807) is 11.4 Å². The minimum atomic E-state index is -0.691. The van der Waals surface area contributed by atoms with Gasteiger partial charge in [-0.3, -0.25) is 14.4 Å². The smallest absolute Gasteiger partial charge is 0.237 e. The number of thiophene rings is 1. The largest absolute Gasteiger partial charge is 0.294 e. The van der Waals surface area contributed by atoms with Crippen LogP contribution in [0.5, 0.6) is 0 Å². The van der Waals surface area contributed by atoms with Crippen molar-refractivity contribution in [1.29, 1.82) is 0 Å². The van der Waals surface area contributed by atoms with Crippen LogP contribution in [0.1, 0.15) is 22.2 Å². The van der Waals surface area contributed by atoms with Crippen LogP contribution in [-0.2, 0) is 9.59 Å². The Morgan fingerprint density at radius 2 is 2.00 bits per heavy atom. The number of ketones is 3. The molecule has 1 heterocycles. The zero-order valence-corrected chi connectivity index (χ0v) is 8.18. The summed E-state index contributed by atoms with van der Waals surface area (Å²) in [6.45, 7) is 1.29. The highest BCUT2D eigenvalue weighted by molar-refractivity contribution is 7.11. The van der Waals surface area contributed by atoms with Gasteiger partial charge in [0.25, 0.3) is 0 Å². The van der Waals surface area contributed by atoms with Crippen LogP contribution in [0.25, 0.3) is 6.08 Å². The van der Waals surface area contributed by atoms with Crippen LogP contribution >= 0.6 is 11.3 Å². The van der Waals surface area contributed by atoms with E-state index in [1.807, 2.05) is 0 Å². The molecule has 0 aromatic carbocycles. The number of carbonyl (C=O) groups is 3. The molecule has 0 saturated carbocycles. The van der Waals surface area contributed by atoms with Gasteiger partial charge in [-0.2, -0.15) is 0 Å². The summed E-state index contributed by atoms with van der Waals surface area (Å²) in [5, 5.41) is 1.73. The molecule has 4 heteroatoms. The Kier molecular flexibility index (Phi) is 1.93. The molecule has 2 rings (SSSR count). The van der Waals surface area contributed by atoms with Crippen molar-refractivity contribution in [3.05, 3.63) is 27.5 Å². The van der Waals surface area contributed by atoms with Crippen LogP contribution in [0.15, 0.2) is 17.0 Å². The number of hydrogen-bond donors (Lipinski definition) is 0. The van der Waals surface area contributed by atoms with Crippen LogP contribution in [0.2, 0.25) is 0 Å². The minimum absolute atomic E-state index is 0.00931. The van der Waals surface area contributed by atoms with Crippen molar-refractivity contribution in [1.82, 2.24) is 0 Å². The number of hydrogen-bond acceptors (Lipinski definition) is 4. The third-order valence-electron chi connectivity index (χ3n) is 2.05. The van der Waals surface area contributed by atoms with E-state index >= 15 is 0 Å². The summed E-state index contributed by atoms with van der Waals surface area (Å²) in [6.07, 6.45) is 1.49. The first kappa shape index (κ1) is 9.02. The second-order valence-corrected chi connectivity index (χ2v) is 3.92. The monoisotopic (exact) mass is 206 g/mol. The van der Waals surface area contributed by atoms with Crippen LogP contribution in [0.4, 0.5) is 0 Å². The van der Waals surface area contributed by atoms with Crippen LogP contribution in [0, 0.1) is 0 Å². The van der Waals surface area contributed by atoms with Gasteiger partial charge in [-0.1, -0.05) is 0 Å². The van der Waals surface area contributed by atoms with E-state index in [2.05, 4.69) is 0 Å². The van der Waals surface area contributed by atoms with Gasteiger partial charge in [-0.05, 0) is 24.4 Å². The van der Waals surface area contributed by atoms with Gasteiger partial charge in [0.2, 0.25) is 11.6 Å². The Morgan fingerprint density at radius 1 is 1.29 bits per heavy atom. The molecule has 0 aliphatic heterocycles. The highest BCUT2D eigenvalue weighted by atomic mass is 32.1. The molecule has 1 aliphatic rings. The van der Waals surface area contributed by atoms with Gasteiger partial charge in [0, 0.05) is 10.4 Å². The summed E-state index contributed by atoms with van der Waals surface area (Å²) < 4.78 is 0. The molecule has 70 valence electrons. The lowest BCUT2D eigenvalue weighted by Crippen LogP contribution is -2.23. The highest BCUT2D eigenvalue weighted by Crippen LogP contribution is 2.26. The van der Waals surface area contributed by atoms with Gasteiger partial charge in [0.05, 0.1) is 5.57 Å². The maximum atomic E-state index is 11.5. The Bertz CT molecular complexity index is 479. The maximum absolute atomic E-state index is 11.5. The third kappa shape index (κ3) is 1.15. The summed E-state index contributed by atoms with van der Waals surface area (Å²) in [7, 11) is 0. The summed E-state index contributed by atoms with van der Waals surface area (Å²) in [5.41, 5.74) is 0.398. The molecular formula is C10H6O3S. The minimum Gasteiger partial charge on any atom is -0.294 e. The Morgan fingerprint density at radius 3 is 2.64 bits per heavy atom. The third-order valence-corrected chi connectivity index (χ3v) is 2.91. The lowest BCUT2D eigenvalue weighted by molar-refractivity contribution is -0.118. The zero-order valence-electron chi connectivity index (χ0n) is 7.37. The Balaban J connectivity index is 2.64. The van der Waals surface area contributed by atoms with Crippen LogP contribution in [0.3, 0.4) is 0 Å². The first-order valence-corrected chi connectivity index (χ1v) is 4.88. The molecule has 0 spiro atoms. The maximum Gasteiger partial charge on any atom is 0.237 e. The van der Waals surface area contributed by atoms with Crippen molar-refractivity contribution in [2.45, 2.75) is 6.92 Å². The van der Waals surface area contributed by atoms with Crippen LogP contribution in [-0.4, -0.2) is 17.3 Å². The molecule has 0 amide bonds. The SMILES string of the molecule is CC(=O)C1=Cc2sccc2C(=O)C1=O. The lowest BCUT2D eigenvalue weighted by Gasteiger charge is -2.07. The van der Waals surface area contributed by atoms with Crippen molar-refractivity contribution < 1.29 is 14.4 Å². The van der Waals surface area contributed by atoms with E-state index in [0.717, 1.165) is 0 Å². The number of carbonyl (C=O) groups excluding carboxylic acids is 3. The van der Waals surface area contributed by atoms with E-state index in [-0.39, 0.29) is 11.4 Å². The van der Waals surface area contributed by atoms with Gasteiger partial charge in [-0.25, -0.2) is 0 Å². The average Bonchev–Trinajstić information content (AvgIpc) is 2.58. The van der Waals surface area contributed by atoms with Gasteiger partial charge in [0.1, 0.15) is 0 Å². The van der Waals surface area contributed by atoms with E-state index in [4.69, 9.17) is 0 Å². The number of fused-ring (bicyclic) bond motifs is 1. The van der Waals surface area contributed by atoms with Crippen molar-refractivity contribution in [2.24, 2.45) is 0 Å². The molecule has 0 saturated heterocycles. The molecule has 0 N–H and O–H groups in total. The predicted molar refractivity (Wildman–Crippen MR) is 52.3 cm³/mol. The second-order valence-electron chi connectivity index (χ2n) is 2.97. The Hall–Kier alpha value is -1.55. The quantitative estimate of drug-likeness (QED) is 0.516. The lowest BCUT2D eigenvalue weighted by atomic mass is 9.94. The number of rotatable bonds is 1. The van der Waals surface area contributed by atoms with Gasteiger partial charge < -0.3 is 0 Å². The molecule has 0 radical (unpaired) electrons. The van der Waals surface area contributed by atoms with Crippen molar-refractivity contribution in [2.75, 3.05) is 0 Å². The molecule has 3 nitrogen and oxygen atoms in total. The van der Waals surface area contributed by atoms with E-state index in [1.165, 1.54) is 24.3 Å². The summed E-state index contributed by atoms with van der Waals surface area (Å²) in [6, 6.07) is 1.60. The van der Waals surface area contributed by atoms with E-state index in [9.17, 15) is 14.4 Å². The highest BCUT2D eigenvalue weighted by Gasteiger charge is 2.30. The average molecular weight is 206 g/mol. The van der Waals surface area contributed by atoms with Crippen molar-refractivity contribution >= 4 is 34.8 Å². The fourth-order valence-corrected chi connectivity index (χ4v) is 2.15.